The summed E-state index contributed by atoms with van der Waals surface area (Å²) in [7, 11) is -2.58. The summed E-state index contributed by atoms with van der Waals surface area (Å²) in [6.45, 7) is 2.07. The van der Waals surface area contributed by atoms with Gasteiger partial charge in [-0.2, -0.15) is 0 Å². The summed E-state index contributed by atoms with van der Waals surface area (Å²) in [6.07, 6.45) is 24.1. The van der Waals surface area contributed by atoms with Crippen molar-refractivity contribution < 1.29 is 65.4 Å². The number of aromatic nitrogens is 12. The molecule has 61 heteroatoms. The van der Waals surface area contributed by atoms with Gasteiger partial charge in [-0.05, 0) is 151 Å². The summed E-state index contributed by atoms with van der Waals surface area (Å²) < 4.78 is 54.8. The SMILES string of the molecule is C=S(c1ncc(SC)s1)c1ncc([N+](=O)[O-])s1.C=S(c1ncc([N+](=O)[O-])s1)c1ncc(S(C)=O)s1.C=S(c1nnc([N+](=O)[O-])s1)c1nnc(S(C)=O)s1.CCc1cnc(Sc2ncc([N+](=O)[O-])s2)s1.CS(=O)c1cnc(Sc2ncc([N+](=O)[O-])s2)s1.C[N+](=O)c1ccc(/C=C/c2ccc([N+](=O)[O-])cc2)o1.C[N+](=O)c1ccc(CCc2ccc([N+](=O)[O-])cc2)o1. The Balaban J connectivity index is 0.000000180. The van der Waals surface area contributed by atoms with Gasteiger partial charge in [0.1, 0.15) is 44.7 Å². The van der Waals surface area contributed by atoms with Crippen molar-refractivity contribution in [2.45, 2.75) is 86.5 Å². The molecule has 6 unspecified atom stereocenters. The van der Waals surface area contributed by atoms with Crippen molar-refractivity contribution in [2.24, 2.45) is 0 Å². The largest absolute Gasteiger partial charge is 0.451 e. The van der Waals surface area contributed by atoms with Crippen LogP contribution < -0.4 is 0 Å². The maximum atomic E-state index is 11.3. The molecule has 6 atom stereocenters. The first kappa shape index (κ1) is 99.5. The van der Waals surface area contributed by atoms with Crippen molar-refractivity contribution in [3.63, 3.8) is 0 Å². The van der Waals surface area contributed by atoms with Crippen molar-refractivity contribution in [3.05, 3.63) is 231 Å². The topological polar surface area (TPSA) is 574 Å². The number of hydrogen-bond acceptors (Lipinski definition) is 46. The number of nitro benzene ring substituents is 2. The second-order valence-electron chi connectivity index (χ2n) is 22.1. The van der Waals surface area contributed by atoms with E-state index in [4.69, 9.17) is 8.83 Å². The molecule has 0 aliphatic heterocycles. The fraction of sp³-hybridized carbons (Fsp3) is 0.159. The molecule has 12 heterocycles. The number of aryl methyl sites for hydroxylation is 3. The van der Waals surface area contributed by atoms with Gasteiger partial charge in [-0.15, -0.1) is 44.6 Å². The van der Waals surface area contributed by atoms with E-state index < -0.39 is 98.3 Å². The summed E-state index contributed by atoms with van der Waals surface area (Å²) in [4.78, 5) is 126. The normalized spacial score (nSPS) is 12.2. The maximum absolute atomic E-state index is 11.3. The third-order valence-electron chi connectivity index (χ3n) is 13.7. The molecule has 0 aliphatic carbocycles. The quantitative estimate of drug-likeness (QED) is 0.0138. The minimum absolute atomic E-state index is 0.00310. The molecule has 0 amide bonds. The monoisotopic (exact) mass is 2050 g/mol. The number of nitrogens with zero attached hydrogens (tertiary/aromatic N) is 21. The molecule has 124 heavy (non-hydrogen) atoms. The van der Waals surface area contributed by atoms with Crippen molar-refractivity contribution in [1.29, 1.82) is 0 Å². The van der Waals surface area contributed by atoms with E-state index in [1.807, 2.05) is 12.5 Å². The summed E-state index contributed by atoms with van der Waals surface area (Å²) >= 11 is 16.1. The Labute approximate surface area is 764 Å². The van der Waals surface area contributed by atoms with Crippen LogP contribution in [-0.4, -0.2) is 174 Å². The first-order valence-corrected chi connectivity index (χ1v) is 52.6. The number of nitroso groups, excluding NO2 is 2. The van der Waals surface area contributed by atoms with E-state index >= 15 is 0 Å². The molecule has 0 N–H and O–H groups in total. The van der Waals surface area contributed by atoms with Crippen LogP contribution in [0.2, 0.25) is 0 Å². The lowest BCUT2D eigenvalue weighted by Crippen LogP contribution is -1.92. The molecule has 14 aromatic rings. The van der Waals surface area contributed by atoms with Crippen LogP contribution in [-0.2, 0) is 51.7 Å². The fourth-order valence-electron chi connectivity index (χ4n) is 7.90. The van der Waals surface area contributed by atoms with Crippen LogP contribution in [0.3, 0.4) is 0 Å². The van der Waals surface area contributed by atoms with Gasteiger partial charge in [0.2, 0.25) is 8.68 Å². The smallest absolute Gasteiger partial charge is 0.407 e. The van der Waals surface area contributed by atoms with E-state index in [9.17, 15) is 93.2 Å². The Morgan fingerprint density at radius 3 is 1.27 bits per heavy atom. The highest BCUT2D eigenvalue weighted by molar-refractivity contribution is 8.17. The highest BCUT2D eigenvalue weighted by Crippen LogP contribution is 2.45. The van der Waals surface area contributed by atoms with E-state index in [1.54, 1.807) is 126 Å². The van der Waals surface area contributed by atoms with E-state index in [0.717, 1.165) is 104 Å². The number of rotatable bonds is 29. The Morgan fingerprint density at radius 1 is 0.403 bits per heavy atom. The first-order valence-electron chi connectivity index (χ1n) is 32.7. The van der Waals surface area contributed by atoms with Gasteiger partial charge in [0.05, 0.1) is 111 Å². The number of thiazole rings is 8. The molecule has 0 aliphatic rings. The van der Waals surface area contributed by atoms with Crippen LogP contribution >= 0.6 is 180 Å². The number of furan rings is 2. The average Bonchev–Trinajstić information content (AvgIpc) is 1.70. The zero-order valence-electron chi connectivity index (χ0n) is 63.7. The van der Waals surface area contributed by atoms with Crippen LogP contribution in [0.25, 0.3) is 12.2 Å². The Bertz CT molecular complexity index is 6040. The van der Waals surface area contributed by atoms with E-state index in [1.165, 1.54) is 120 Å². The molecule has 0 bridgehead atoms. The minimum atomic E-state index is -1.20. The molecule has 2 aromatic carbocycles. The summed E-state index contributed by atoms with van der Waals surface area (Å²) in [5.74, 6) is 13.5. The molecular formula is C63H55N21O21S19+2. The van der Waals surface area contributed by atoms with Gasteiger partial charge >= 0.3 is 36.9 Å². The van der Waals surface area contributed by atoms with Crippen molar-refractivity contribution in [3.8, 4) is 0 Å². The number of nitro groups is 7. The molecule has 0 spiro atoms. The summed E-state index contributed by atoms with van der Waals surface area (Å²) in [6, 6.07) is 19.2. The molecule has 0 radical (unpaired) electrons. The Morgan fingerprint density at radius 2 is 0.831 bits per heavy atom. The van der Waals surface area contributed by atoms with Crippen molar-refractivity contribution in [2.75, 3.05) is 39.1 Å². The highest BCUT2D eigenvalue weighted by atomic mass is 32.3. The van der Waals surface area contributed by atoms with Crippen LogP contribution in [0.1, 0.15) is 34.4 Å². The second-order valence-corrected chi connectivity index (χ2v) is 47.3. The van der Waals surface area contributed by atoms with Gasteiger partial charge in [-0.1, -0.05) is 108 Å². The molecule has 0 saturated carbocycles. The van der Waals surface area contributed by atoms with E-state index in [0.29, 0.717) is 75.6 Å². The standard InChI is InChI=1S/C13H13N2O4.C13H11N2O4.C8H7N3O3S4.C8H7N3O2S4.C8H7N3O2S3.C7H5N3O3S4.C6H5N5O3S4/c2*1-14(16)13-9-8-12(19-13)7-4-10-2-5-11(6-3-10)15(17)18;1-17(7-9-3-5(15-7)11(12)13)8-10-4-6(16-8)18(2)14;1-14-6-4-10-8(16-6)17(2)7-9-3-5(15-7)11(12)13;1-2-5-3-9-7(14-5)16-8-10-4-6(15-8)11(12)13;1-17(13)5-3-9-7(15-5)16-6-8-2-4(14-6)10(11)12;1-17(4-8-7-3(15-4)11(12)13)5-9-10-6(16-5)18(2)14/h2-3,5-6,8-9H,4,7H2,1H3;2-9H,1H3;3-4H,1H2,2H3;3-4H,2H2,1H3;3-4H,2H2,1H3;2-3H,1H3;1H2,2H3/q2*+1;;;;;/b;7-4+;;;;;. The Hall–Kier alpha value is -9.94. The first-order chi connectivity index (χ1) is 58.9. The molecule has 14 rings (SSSR count). The molecule has 12 aromatic heterocycles. The van der Waals surface area contributed by atoms with Gasteiger partial charge in [0, 0.05) is 70.3 Å². The van der Waals surface area contributed by atoms with Crippen LogP contribution in [0.15, 0.2) is 192 Å². The van der Waals surface area contributed by atoms with Gasteiger partial charge in [-0.3, -0.25) is 73.3 Å². The van der Waals surface area contributed by atoms with Crippen molar-refractivity contribution in [1.82, 2.24) is 60.3 Å². The fourth-order valence-corrected chi connectivity index (χ4v) is 27.3. The lowest BCUT2D eigenvalue weighted by molar-refractivity contribution is -0.444. The molecule has 0 fully saturated rings. The molecule has 42 nitrogen and oxygen atoms in total. The van der Waals surface area contributed by atoms with Gasteiger partial charge in [0.25, 0.3) is 11.4 Å². The van der Waals surface area contributed by atoms with Gasteiger partial charge in [-0.25, -0.2) is 39.9 Å². The zero-order chi connectivity index (χ0) is 90.6. The lowest BCUT2D eigenvalue weighted by atomic mass is 10.1. The minimum Gasteiger partial charge on any atom is -0.407 e. The van der Waals surface area contributed by atoms with E-state index in [2.05, 4.69) is 84.8 Å². The predicted molar refractivity (Wildman–Crippen MR) is 489 cm³/mol. The number of thioether (sulfide) groups is 1. The lowest BCUT2D eigenvalue weighted by Gasteiger charge is -1.98. The summed E-state index contributed by atoms with van der Waals surface area (Å²) in [5.41, 5.74) is 1.92. The average molecular weight is 2050 g/mol. The number of hydrogen-bond donors (Lipinski definition) is 0. The van der Waals surface area contributed by atoms with Crippen molar-refractivity contribution >= 4 is 291 Å². The molecule has 0 saturated heterocycles. The maximum Gasteiger partial charge on any atom is 0.451 e. The van der Waals surface area contributed by atoms with E-state index in [-0.39, 0.29) is 48.3 Å². The van der Waals surface area contributed by atoms with Crippen LogP contribution in [0.5, 0.6) is 0 Å². The summed E-state index contributed by atoms with van der Waals surface area (Å²) in [5, 5.41) is 88.2. The number of non-ortho nitro benzene ring substituents is 2. The van der Waals surface area contributed by atoms with Crippen LogP contribution in [0.4, 0.5) is 48.3 Å². The number of benzene rings is 2. The molecule has 650 valence electrons. The van der Waals surface area contributed by atoms with Crippen LogP contribution in [0, 0.1) is 80.6 Å². The molecular weight excluding hydrogens is 2000 g/mol. The zero-order valence-corrected chi connectivity index (χ0v) is 79.2. The highest BCUT2D eigenvalue weighted by Gasteiger charge is 2.24. The second kappa shape index (κ2) is 48.5. The van der Waals surface area contributed by atoms with Gasteiger partial charge < -0.3 is 18.9 Å². The third-order valence-corrected chi connectivity index (χ3v) is 37.9. The van der Waals surface area contributed by atoms with Gasteiger partial charge in [0.15, 0.2) is 53.2 Å². The third kappa shape index (κ3) is 30.7. The predicted octanol–water partition coefficient (Wildman–Crippen LogP) is 18.9. The Kier molecular flexibility index (Phi) is 38.9.